The van der Waals surface area contributed by atoms with E-state index in [0.29, 0.717) is 23.1 Å². The number of thioether (sulfide) groups is 1. The van der Waals surface area contributed by atoms with Crippen LogP contribution in [-0.2, 0) is 4.79 Å². The number of rotatable bonds is 4. The van der Waals surface area contributed by atoms with Gasteiger partial charge >= 0.3 is 6.03 Å². The number of carbonyl (C=O) groups is 2. The van der Waals surface area contributed by atoms with Crippen molar-refractivity contribution in [3.63, 3.8) is 0 Å². The Morgan fingerprint density at radius 3 is 2.54 bits per heavy atom. The van der Waals surface area contributed by atoms with Gasteiger partial charge in [-0.25, -0.2) is 4.79 Å². The third-order valence-corrected chi connectivity index (χ3v) is 6.11. The quantitative estimate of drug-likeness (QED) is 0.789. The van der Waals surface area contributed by atoms with E-state index in [2.05, 4.69) is 5.32 Å². The molecule has 0 radical (unpaired) electrons. The number of amides is 3. The molecule has 1 N–H and O–H groups in total. The van der Waals surface area contributed by atoms with E-state index in [1.165, 1.54) is 0 Å². The molecule has 3 amide bonds. The molecule has 0 bridgehead atoms. The van der Waals surface area contributed by atoms with Gasteiger partial charge in [0, 0.05) is 25.7 Å². The summed E-state index contributed by atoms with van der Waals surface area (Å²) < 4.78 is 0. The summed E-state index contributed by atoms with van der Waals surface area (Å²) >= 11 is 13.7. The maximum absolute atomic E-state index is 12.6. The van der Waals surface area contributed by atoms with Crippen LogP contribution in [0.5, 0.6) is 0 Å². The number of nitrogens with zero attached hydrogens (tertiary/aromatic N) is 2. The molecule has 8 heteroatoms. The van der Waals surface area contributed by atoms with Crippen molar-refractivity contribution in [3.8, 4) is 0 Å². The number of halogens is 2. The Bertz CT molecular complexity index is 694. The Balaban J connectivity index is 2.08. The average molecular weight is 418 g/mol. The number of hydrogen-bond donors (Lipinski definition) is 1. The van der Waals surface area contributed by atoms with Gasteiger partial charge in [-0.1, -0.05) is 29.3 Å². The molecule has 5 nitrogen and oxygen atoms in total. The third-order valence-electron chi connectivity index (χ3n) is 3.98. The predicted octanol–water partition coefficient (Wildman–Crippen LogP) is 4.40. The Labute approximate surface area is 169 Å². The second-order valence-corrected chi connectivity index (χ2v) is 9.68. The topological polar surface area (TPSA) is 52.6 Å². The van der Waals surface area contributed by atoms with E-state index in [9.17, 15) is 9.59 Å². The summed E-state index contributed by atoms with van der Waals surface area (Å²) in [5.41, 5.74) is 0.630. The Morgan fingerprint density at radius 1 is 1.31 bits per heavy atom. The zero-order valence-electron chi connectivity index (χ0n) is 15.7. The summed E-state index contributed by atoms with van der Waals surface area (Å²) in [6.45, 7) is 8.59. The number of nitrogens with one attached hydrogen (secondary N) is 1. The van der Waals surface area contributed by atoms with Crippen molar-refractivity contribution < 1.29 is 9.59 Å². The van der Waals surface area contributed by atoms with E-state index in [0.717, 1.165) is 5.56 Å². The van der Waals surface area contributed by atoms with E-state index in [1.54, 1.807) is 40.7 Å². The van der Waals surface area contributed by atoms with Crippen LogP contribution in [0.3, 0.4) is 0 Å². The van der Waals surface area contributed by atoms with Gasteiger partial charge in [0.25, 0.3) is 0 Å². The van der Waals surface area contributed by atoms with E-state index in [1.807, 2.05) is 33.8 Å². The molecule has 1 fully saturated rings. The fourth-order valence-electron chi connectivity index (χ4n) is 2.60. The Morgan fingerprint density at radius 2 is 1.96 bits per heavy atom. The molecule has 144 valence electrons. The van der Waals surface area contributed by atoms with Crippen molar-refractivity contribution in [1.29, 1.82) is 0 Å². The maximum Gasteiger partial charge on any atom is 0.317 e. The number of likely N-dealkylation sites (N-methyl/N-ethyl adjacent to an activating group) is 1. The molecular weight excluding hydrogens is 393 g/mol. The summed E-state index contributed by atoms with van der Waals surface area (Å²) in [5, 5.41) is 3.61. The first-order valence-electron chi connectivity index (χ1n) is 8.44. The minimum atomic E-state index is -0.304. The highest BCUT2D eigenvalue weighted by Crippen LogP contribution is 2.43. The summed E-state index contributed by atoms with van der Waals surface area (Å²) in [5.74, 6) is 0.0655. The van der Waals surface area contributed by atoms with Crippen LogP contribution in [0, 0.1) is 0 Å². The normalized spacial score (nSPS) is 20.4. The summed E-state index contributed by atoms with van der Waals surface area (Å²) in [6, 6.07) is 5.28. The van der Waals surface area contributed by atoms with Crippen LogP contribution < -0.4 is 5.32 Å². The standard InChI is InChI=1S/C18H25Cl2N3O2S/c1-11-15(24)23(9-8-22(5)17(25)21-18(2,3)4)16(26-11)12-6-7-13(19)14(20)10-12/h6-7,10-11,16H,8-9H2,1-5H3,(H,21,25). The molecule has 2 atom stereocenters. The molecule has 2 rings (SSSR count). The van der Waals surface area contributed by atoms with Crippen molar-refractivity contribution in [3.05, 3.63) is 33.8 Å². The molecule has 26 heavy (non-hydrogen) atoms. The third kappa shape index (κ3) is 5.21. The average Bonchev–Trinajstić information content (AvgIpc) is 2.81. The summed E-state index contributed by atoms with van der Waals surface area (Å²) in [6.07, 6.45) is 0. The van der Waals surface area contributed by atoms with Crippen LogP contribution in [0.15, 0.2) is 18.2 Å². The second-order valence-electron chi connectivity index (χ2n) is 7.44. The van der Waals surface area contributed by atoms with Gasteiger partial charge in [-0.3, -0.25) is 4.79 Å². The minimum Gasteiger partial charge on any atom is -0.333 e. The minimum absolute atomic E-state index is 0.0655. The van der Waals surface area contributed by atoms with Crippen molar-refractivity contribution in [2.75, 3.05) is 20.1 Å². The second kappa shape index (κ2) is 8.28. The molecule has 1 saturated heterocycles. The smallest absolute Gasteiger partial charge is 0.317 e. The largest absolute Gasteiger partial charge is 0.333 e. The van der Waals surface area contributed by atoms with Gasteiger partial charge in [-0.05, 0) is 45.4 Å². The molecule has 0 spiro atoms. The lowest BCUT2D eigenvalue weighted by Gasteiger charge is -2.29. The van der Waals surface area contributed by atoms with E-state index in [-0.39, 0.29) is 28.1 Å². The molecular formula is C18H25Cl2N3O2S. The summed E-state index contributed by atoms with van der Waals surface area (Å²) in [7, 11) is 1.73. The van der Waals surface area contributed by atoms with Crippen LogP contribution in [0.4, 0.5) is 4.79 Å². The highest BCUT2D eigenvalue weighted by molar-refractivity contribution is 8.01. The van der Waals surface area contributed by atoms with Crippen LogP contribution in [-0.4, -0.2) is 52.7 Å². The number of benzene rings is 1. The van der Waals surface area contributed by atoms with Gasteiger partial charge in [0.1, 0.15) is 5.37 Å². The van der Waals surface area contributed by atoms with Crippen LogP contribution in [0.1, 0.15) is 38.6 Å². The van der Waals surface area contributed by atoms with Crippen LogP contribution >= 0.6 is 35.0 Å². The SMILES string of the molecule is CC1SC(c2ccc(Cl)c(Cl)c2)N(CCN(C)C(=O)NC(C)(C)C)C1=O. The van der Waals surface area contributed by atoms with E-state index in [4.69, 9.17) is 23.2 Å². The molecule has 1 heterocycles. The van der Waals surface area contributed by atoms with Gasteiger partial charge in [-0.2, -0.15) is 0 Å². The first-order valence-corrected chi connectivity index (χ1v) is 10.1. The lowest BCUT2D eigenvalue weighted by Crippen LogP contribution is -2.49. The molecule has 1 aromatic carbocycles. The molecule has 0 saturated carbocycles. The fourth-order valence-corrected chi connectivity index (χ4v) is 4.21. The Hall–Kier alpha value is -1.11. The molecule has 0 aliphatic carbocycles. The Kier molecular flexibility index (Phi) is 6.75. The van der Waals surface area contributed by atoms with Crippen molar-refractivity contribution in [1.82, 2.24) is 15.1 Å². The lowest BCUT2D eigenvalue weighted by molar-refractivity contribution is -0.129. The number of urea groups is 1. The van der Waals surface area contributed by atoms with E-state index >= 15 is 0 Å². The highest BCUT2D eigenvalue weighted by atomic mass is 35.5. The van der Waals surface area contributed by atoms with Gasteiger partial charge in [0.15, 0.2) is 0 Å². The first kappa shape index (κ1) is 21.2. The van der Waals surface area contributed by atoms with Crippen molar-refractivity contribution in [2.45, 2.75) is 43.9 Å². The fraction of sp³-hybridized carbons (Fsp3) is 0.556. The van der Waals surface area contributed by atoms with Crippen LogP contribution in [0.2, 0.25) is 10.0 Å². The van der Waals surface area contributed by atoms with Gasteiger partial charge in [0.2, 0.25) is 5.91 Å². The molecule has 1 aromatic rings. The van der Waals surface area contributed by atoms with Crippen LogP contribution in [0.25, 0.3) is 0 Å². The highest BCUT2D eigenvalue weighted by Gasteiger charge is 2.38. The lowest BCUT2D eigenvalue weighted by atomic mass is 10.1. The molecule has 1 aliphatic rings. The number of carbonyl (C=O) groups excluding carboxylic acids is 2. The van der Waals surface area contributed by atoms with Gasteiger partial charge in [0.05, 0.1) is 15.3 Å². The van der Waals surface area contributed by atoms with Crippen molar-refractivity contribution in [2.24, 2.45) is 0 Å². The predicted molar refractivity (Wildman–Crippen MR) is 109 cm³/mol. The first-order chi connectivity index (χ1) is 12.0. The van der Waals surface area contributed by atoms with E-state index < -0.39 is 0 Å². The van der Waals surface area contributed by atoms with Gasteiger partial charge in [-0.15, -0.1) is 11.8 Å². The molecule has 2 unspecified atom stereocenters. The van der Waals surface area contributed by atoms with Gasteiger partial charge < -0.3 is 15.1 Å². The zero-order chi connectivity index (χ0) is 19.6. The monoisotopic (exact) mass is 417 g/mol. The number of hydrogen-bond acceptors (Lipinski definition) is 3. The molecule has 0 aromatic heterocycles. The maximum atomic E-state index is 12.6. The van der Waals surface area contributed by atoms with Crippen molar-refractivity contribution >= 4 is 46.9 Å². The summed E-state index contributed by atoms with van der Waals surface area (Å²) in [4.78, 5) is 28.2. The zero-order valence-corrected chi connectivity index (χ0v) is 18.0. The molecule has 1 aliphatic heterocycles.